The third-order valence-corrected chi connectivity index (χ3v) is 3.06. The van der Waals surface area contributed by atoms with E-state index < -0.39 is 10.9 Å². The third kappa shape index (κ3) is 3.16. The number of carbonyl (C=O) groups is 1. The van der Waals surface area contributed by atoms with E-state index in [9.17, 15) is 14.9 Å². The van der Waals surface area contributed by atoms with Crippen molar-refractivity contribution in [3.8, 4) is 11.5 Å². The van der Waals surface area contributed by atoms with Crippen molar-refractivity contribution in [2.24, 2.45) is 0 Å². The van der Waals surface area contributed by atoms with Gasteiger partial charge in [-0.2, -0.15) is 0 Å². The maximum absolute atomic E-state index is 11.1. The molecule has 0 saturated heterocycles. The second kappa shape index (κ2) is 5.88. The predicted molar refractivity (Wildman–Crippen MR) is 76.8 cm³/mol. The molecule has 2 aromatic rings. The van der Waals surface area contributed by atoms with E-state index in [-0.39, 0.29) is 22.9 Å². The lowest BCUT2D eigenvalue weighted by Crippen LogP contribution is -2.04. The zero-order chi connectivity index (χ0) is 15.6. The Kier molecular flexibility index (Phi) is 4.18. The van der Waals surface area contributed by atoms with Crippen molar-refractivity contribution in [2.75, 3.05) is 0 Å². The molecule has 21 heavy (non-hydrogen) atoms. The summed E-state index contributed by atoms with van der Waals surface area (Å²) in [7, 11) is 0. The molecule has 0 bridgehead atoms. The molecule has 2 rings (SSSR count). The Hall–Kier alpha value is -2.48. The number of aromatic nitrogens is 1. The molecule has 0 spiro atoms. The van der Waals surface area contributed by atoms with E-state index in [0.717, 1.165) is 0 Å². The minimum atomic E-state index is -1.27. The number of ether oxygens (including phenoxy) is 1. The molecular weight excluding hydrogens is 344 g/mol. The van der Waals surface area contributed by atoms with Gasteiger partial charge in [0.1, 0.15) is 0 Å². The van der Waals surface area contributed by atoms with Gasteiger partial charge in [-0.1, -0.05) is 15.9 Å². The topological polar surface area (TPSA) is 103 Å². The molecule has 0 aliphatic carbocycles. The van der Waals surface area contributed by atoms with Gasteiger partial charge in [0.2, 0.25) is 5.75 Å². The quantitative estimate of drug-likeness (QED) is 0.666. The maximum atomic E-state index is 11.1. The molecule has 7 nitrogen and oxygen atoms in total. The van der Waals surface area contributed by atoms with Crippen molar-refractivity contribution in [1.29, 1.82) is 0 Å². The smallest absolute Gasteiger partial charge is 0.358 e. The summed E-state index contributed by atoms with van der Waals surface area (Å²) in [5.41, 5.74) is -0.0764. The molecule has 108 valence electrons. The molecule has 0 fully saturated rings. The fraction of sp³-hybridized carbons (Fsp3) is 0.0769. The van der Waals surface area contributed by atoms with Crippen LogP contribution in [0.3, 0.4) is 0 Å². The van der Waals surface area contributed by atoms with Crippen LogP contribution in [0, 0.1) is 17.0 Å². The number of hydrogen-bond donors (Lipinski definition) is 1. The summed E-state index contributed by atoms with van der Waals surface area (Å²) in [5, 5.41) is 20.2. The maximum Gasteiger partial charge on any atom is 0.358 e. The van der Waals surface area contributed by atoms with Crippen LogP contribution >= 0.6 is 15.9 Å². The summed E-state index contributed by atoms with van der Waals surface area (Å²) >= 11 is 3.17. The highest BCUT2D eigenvalue weighted by molar-refractivity contribution is 9.10. The molecule has 1 aromatic heterocycles. The fourth-order valence-corrected chi connectivity index (χ4v) is 2.28. The number of nitrogens with zero attached hydrogens (tertiary/aromatic N) is 2. The highest BCUT2D eigenvalue weighted by atomic mass is 79.9. The van der Waals surface area contributed by atoms with Gasteiger partial charge in [0.05, 0.1) is 4.92 Å². The number of hydrogen-bond acceptors (Lipinski definition) is 5. The lowest BCUT2D eigenvalue weighted by molar-refractivity contribution is -0.385. The second-order valence-electron chi connectivity index (χ2n) is 4.09. The van der Waals surface area contributed by atoms with Gasteiger partial charge < -0.3 is 9.84 Å². The van der Waals surface area contributed by atoms with Gasteiger partial charge >= 0.3 is 11.7 Å². The van der Waals surface area contributed by atoms with Gasteiger partial charge in [-0.25, -0.2) is 9.78 Å². The number of benzene rings is 1. The Balaban J connectivity index is 2.55. The van der Waals surface area contributed by atoms with Crippen molar-refractivity contribution in [3.05, 3.63) is 56.3 Å². The molecule has 1 aromatic carbocycles. The van der Waals surface area contributed by atoms with Gasteiger partial charge in [0.25, 0.3) is 0 Å². The number of aryl methyl sites for hydroxylation is 1. The van der Waals surface area contributed by atoms with Crippen LogP contribution in [-0.4, -0.2) is 21.0 Å². The van der Waals surface area contributed by atoms with Crippen LogP contribution in [0.5, 0.6) is 11.5 Å². The lowest BCUT2D eigenvalue weighted by atomic mass is 10.2. The van der Waals surface area contributed by atoms with Gasteiger partial charge in [-0.15, -0.1) is 0 Å². The summed E-state index contributed by atoms with van der Waals surface area (Å²) in [6, 6.07) is 5.81. The number of nitro groups is 1. The molecule has 0 saturated carbocycles. The van der Waals surface area contributed by atoms with E-state index in [0.29, 0.717) is 10.0 Å². The van der Waals surface area contributed by atoms with Crippen molar-refractivity contribution < 1.29 is 19.6 Å². The van der Waals surface area contributed by atoms with Crippen LogP contribution in [0.1, 0.15) is 16.1 Å². The number of pyridine rings is 1. The molecule has 0 unspecified atom stereocenters. The average molecular weight is 353 g/mol. The number of nitro benzene ring substituents is 1. The predicted octanol–water partition coefficient (Wildman–Crippen LogP) is 3.55. The highest BCUT2D eigenvalue weighted by Gasteiger charge is 2.22. The highest BCUT2D eigenvalue weighted by Crippen LogP contribution is 2.37. The molecule has 0 atom stereocenters. The molecule has 1 N–H and O–H groups in total. The number of rotatable bonds is 4. The Bertz CT molecular complexity index is 732. The number of aromatic carboxylic acids is 1. The Morgan fingerprint density at radius 1 is 1.48 bits per heavy atom. The average Bonchev–Trinajstić information content (AvgIpc) is 2.41. The van der Waals surface area contributed by atoms with Crippen molar-refractivity contribution in [3.63, 3.8) is 0 Å². The van der Waals surface area contributed by atoms with Crippen LogP contribution in [0.4, 0.5) is 5.69 Å². The largest absolute Gasteiger partial charge is 0.476 e. The Morgan fingerprint density at radius 3 is 2.81 bits per heavy atom. The summed E-state index contributed by atoms with van der Waals surface area (Å²) < 4.78 is 5.97. The zero-order valence-electron chi connectivity index (χ0n) is 10.7. The summed E-state index contributed by atoms with van der Waals surface area (Å²) in [6.45, 7) is 1.63. The van der Waals surface area contributed by atoms with Crippen molar-refractivity contribution in [1.82, 2.24) is 4.98 Å². The van der Waals surface area contributed by atoms with Crippen LogP contribution in [0.25, 0.3) is 0 Å². The Morgan fingerprint density at radius 2 is 2.19 bits per heavy atom. The first-order valence-corrected chi connectivity index (χ1v) is 6.50. The minimum absolute atomic E-state index is 0.0151. The van der Waals surface area contributed by atoms with Gasteiger partial charge in [-0.3, -0.25) is 10.1 Å². The number of carboxylic acid groups (broad SMARTS) is 1. The van der Waals surface area contributed by atoms with Gasteiger partial charge in [0, 0.05) is 16.7 Å². The standard InChI is InChI=1S/C13H9BrN2O5/c1-7-5-8(14)6-9(16(19)20)12(7)21-10-3-2-4-15-11(10)13(17)18/h2-6H,1H3,(H,17,18). The minimum Gasteiger partial charge on any atom is -0.476 e. The second-order valence-corrected chi connectivity index (χ2v) is 5.00. The number of halogens is 1. The monoisotopic (exact) mass is 352 g/mol. The third-order valence-electron chi connectivity index (χ3n) is 2.60. The van der Waals surface area contributed by atoms with Gasteiger partial charge in [-0.05, 0) is 30.7 Å². The molecule has 8 heteroatoms. The van der Waals surface area contributed by atoms with E-state index in [1.54, 1.807) is 13.0 Å². The van der Waals surface area contributed by atoms with Crippen LogP contribution in [0.2, 0.25) is 0 Å². The molecule has 1 heterocycles. The SMILES string of the molecule is Cc1cc(Br)cc([N+](=O)[O-])c1Oc1cccnc1C(=O)O. The summed E-state index contributed by atoms with van der Waals surface area (Å²) in [5.74, 6) is -1.35. The fourth-order valence-electron chi connectivity index (χ4n) is 1.72. The summed E-state index contributed by atoms with van der Waals surface area (Å²) in [4.78, 5) is 25.3. The first kappa shape index (κ1) is 14.9. The molecule has 0 aliphatic heterocycles. The van der Waals surface area contributed by atoms with Crippen LogP contribution in [-0.2, 0) is 0 Å². The first-order valence-electron chi connectivity index (χ1n) is 5.71. The first-order chi connectivity index (χ1) is 9.90. The normalized spacial score (nSPS) is 10.2. The van der Waals surface area contributed by atoms with E-state index in [4.69, 9.17) is 9.84 Å². The van der Waals surface area contributed by atoms with E-state index in [2.05, 4.69) is 20.9 Å². The van der Waals surface area contributed by atoms with Crippen LogP contribution in [0.15, 0.2) is 34.9 Å². The zero-order valence-corrected chi connectivity index (χ0v) is 12.3. The lowest BCUT2D eigenvalue weighted by Gasteiger charge is -2.11. The molecule has 0 radical (unpaired) electrons. The van der Waals surface area contributed by atoms with E-state index in [1.807, 2.05) is 0 Å². The van der Waals surface area contributed by atoms with E-state index in [1.165, 1.54) is 24.4 Å². The Labute approximate surface area is 127 Å². The van der Waals surface area contributed by atoms with Crippen molar-refractivity contribution >= 4 is 27.6 Å². The van der Waals surface area contributed by atoms with Gasteiger partial charge in [0.15, 0.2) is 11.4 Å². The molecule has 0 amide bonds. The molecular formula is C13H9BrN2O5. The molecule has 0 aliphatic rings. The van der Waals surface area contributed by atoms with Crippen molar-refractivity contribution in [2.45, 2.75) is 6.92 Å². The van der Waals surface area contributed by atoms with Crippen LogP contribution < -0.4 is 4.74 Å². The number of carboxylic acids is 1. The van der Waals surface area contributed by atoms with E-state index >= 15 is 0 Å². The summed E-state index contributed by atoms with van der Waals surface area (Å²) in [6.07, 6.45) is 1.30.